The Hall–Kier alpha value is -1.59. The first-order chi connectivity index (χ1) is 29.8. The zero-order valence-corrected chi connectivity index (χ0v) is 41.8. The van der Waals surface area contributed by atoms with Gasteiger partial charge in [-0.05, 0) is 31.1 Å². The SMILES string of the molecule is CCCCCCCCCCCCCCCCCC(=O)O[C@H](COC(=O)CCCCCCCCCCCCCCCC(C)C)COC(=O)CCCCCCCCCCC(C)CC. The van der Waals surface area contributed by atoms with Gasteiger partial charge in [0, 0.05) is 19.3 Å². The van der Waals surface area contributed by atoms with E-state index in [4.69, 9.17) is 14.2 Å². The highest BCUT2D eigenvalue weighted by molar-refractivity contribution is 5.71. The van der Waals surface area contributed by atoms with E-state index in [1.807, 2.05) is 0 Å². The third kappa shape index (κ3) is 47.7. The van der Waals surface area contributed by atoms with E-state index < -0.39 is 6.10 Å². The largest absolute Gasteiger partial charge is 0.462 e. The Balaban J connectivity index is 4.31. The maximum atomic E-state index is 12.8. The monoisotopic (exact) mass is 863 g/mol. The van der Waals surface area contributed by atoms with E-state index in [1.165, 1.54) is 193 Å². The van der Waals surface area contributed by atoms with Gasteiger partial charge < -0.3 is 14.2 Å². The van der Waals surface area contributed by atoms with Crippen molar-refractivity contribution in [2.45, 2.75) is 310 Å². The van der Waals surface area contributed by atoms with E-state index in [-0.39, 0.29) is 31.1 Å². The van der Waals surface area contributed by atoms with Gasteiger partial charge >= 0.3 is 17.9 Å². The van der Waals surface area contributed by atoms with Crippen LogP contribution >= 0.6 is 0 Å². The van der Waals surface area contributed by atoms with E-state index >= 15 is 0 Å². The van der Waals surface area contributed by atoms with Crippen LogP contribution in [0.3, 0.4) is 0 Å². The Bertz CT molecular complexity index is 933. The highest BCUT2D eigenvalue weighted by atomic mass is 16.6. The number of hydrogen-bond donors (Lipinski definition) is 0. The molecule has 6 heteroatoms. The zero-order chi connectivity index (χ0) is 44.7. The van der Waals surface area contributed by atoms with E-state index in [9.17, 15) is 14.4 Å². The van der Waals surface area contributed by atoms with Gasteiger partial charge in [-0.15, -0.1) is 0 Å². The number of ether oxygens (including phenoxy) is 3. The predicted octanol–water partition coefficient (Wildman–Crippen LogP) is 17.7. The first kappa shape index (κ1) is 59.4. The zero-order valence-electron chi connectivity index (χ0n) is 41.8. The molecule has 0 heterocycles. The second-order valence-electron chi connectivity index (χ2n) is 19.6. The van der Waals surface area contributed by atoms with Crippen molar-refractivity contribution in [3.05, 3.63) is 0 Å². The first-order valence-electron chi connectivity index (χ1n) is 27.3. The van der Waals surface area contributed by atoms with Crippen LogP contribution in [0.1, 0.15) is 304 Å². The lowest BCUT2D eigenvalue weighted by atomic mass is 9.99. The summed E-state index contributed by atoms with van der Waals surface area (Å²) in [5, 5.41) is 0. The summed E-state index contributed by atoms with van der Waals surface area (Å²) >= 11 is 0. The maximum absolute atomic E-state index is 12.8. The van der Waals surface area contributed by atoms with Crippen LogP contribution in [0.25, 0.3) is 0 Å². The van der Waals surface area contributed by atoms with Gasteiger partial charge in [0.05, 0.1) is 0 Å². The Morgan fingerprint density at radius 1 is 0.344 bits per heavy atom. The van der Waals surface area contributed by atoms with Crippen molar-refractivity contribution >= 4 is 17.9 Å². The van der Waals surface area contributed by atoms with Crippen LogP contribution in [0.4, 0.5) is 0 Å². The average molecular weight is 863 g/mol. The highest BCUT2D eigenvalue weighted by Crippen LogP contribution is 2.18. The van der Waals surface area contributed by atoms with Crippen molar-refractivity contribution < 1.29 is 28.6 Å². The first-order valence-corrected chi connectivity index (χ1v) is 27.3. The van der Waals surface area contributed by atoms with Gasteiger partial charge in [-0.25, -0.2) is 0 Å². The molecule has 0 aliphatic heterocycles. The number of carbonyl (C=O) groups is 3. The van der Waals surface area contributed by atoms with Gasteiger partial charge in [0.25, 0.3) is 0 Å². The molecule has 0 aromatic heterocycles. The van der Waals surface area contributed by atoms with Crippen LogP contribution < -0.4 is 0 Å². The molecule has 0 radical (unpaired) electrons. The molecule has 0 bridgehead atoms. The lowest BCUT2D eigenvalue weighted by Gasteiger charge is -2.18. The topological polar surface area (TPSA) is 78.9 Å². The van der Waals surface area contributed by atoms with Crippen molar-refractivity contribution in [2.75, 3.05) is 13.2 Å². The summed E-state index contributed by atoms with van der Waals surface area (Å²) in [6.45, 7) is 11.4. The molecule has 0 N–H and O–H groups in total. The van der Waals surface area contributed by atoms with Gasteiger partial charge in [-0.2, -0.15) is 0 Å². The summed E-state index contributed by atoms with van der Waals surface area (Å²) in [5.41, 5.74) is 0. The fraction of sp³-hybridized carbons (Fsp3) is 0.945. The summed E-state index contributed by atoms with van der Waals surface area (Å²) in [6, 6.07) is 0. The molecule has 2 atom stereocenters. The maximum Gasteiger partial charge on any atom is 0.306 e. The second kappa shape index (κ2) is 47.9. The van der Waals surface area contributed by atoms with Crippen molar-refractivity contribution in [3.8, 4) is 0 Å². The predicted molar refractivity (Wildman–Crippen MR) is 261 cm³/mol. The fourth-order valence-electron chi connectivity index (χ4n) is 8.31. The minimum absolute atomic E-state index is 0.0635. The molecule has 0 aliphatic carbocycles. The third-order valence-electron chi connectivity index (χ3n) is 12.8. The molecule has 0 rings (SSSR count). The summed E-state index contributed by atoms with van der Waals surface area (Å²) < 4.78 is 16.8. The highest BCUT2D eigenvalue weighted by Gasteiger charge is 2.19. The van der Waals surface area contributed by atoms with Gasteiger partial charge in [0.1, 0.15) is 13.2 Å². The quantitative estimate of drug-likeness (QED) is 0.0344. The smallest absolute Gasteiger partial charge is 0.306 e. The summed E-state index contributed by atoms with van der Waals surface area (Å²) in [7, 11) is 0. The summed E-state index contributed by atoms with van der Waals surface area (Å²) in [6.07, 6.45) is 49.4. The summed E-state index contributed by atoms with van der Waals surface area (Å²) in [5.74, 6) is 0.843. The van der Waals surface area contributed by atoms with Gasteiger partial charge in [0.2, 0.25) is 0 Å². The number of unbranched alkanes of at least 4 members (excludes halogenated alkanes) is 33. The minimum atomic E-state index is -0.762. The van der Waals surface area contributed by atoms with Gasteiger partial charge in [-0.1, -0.05) is 266 Å². The van der Waals surface area contributed by atoms with E-state index in [0.29, 0.717) is 19.3 Å². The average Bonchev–Trinajstić information content (AvgIpc) is 3.24. The normalized spacial score (nSPS) is 12.5. The van der Waals surface area contributed by atoms with Crippen LogP contribution in [-0.2, 0) is 28.6 Å². The second-order valence-corrected chi connectivity index (χ2v) is 19.6. The van der Waals surface area contributed by atoms with Gasteiger partial charge in [-0.3, -0.25) is 14.4 Å². The molecule has 1 unspecified atom stereocenters. The van der Waals surface area contributed by atoms with Crippen molar-refractivity contribution in [2.24, 2.45) is 11.8 Å². The van der Waals surface area contributed by atoms with Crippen molar-refractivity contribution in [1.82, 2.24) is 0 Å². The molecule has 0 saturated heterocycles. The molecule has 6 nitrogen and oxygen atoms in total. The van der Waals surface area contributed by atoms with E-state index in [1.54, 1.807) is 0 Å². The number of hydrogen-bond acceptors (Lipinski definition) is 6. The molecular formula is C55H106O6. The molecule has 0 amide bonds. The molecule has 362 valence electrons. The molecule has 0 spiro atoms. The van der Waals surface area contributed by atoms with Crippen LogP contribution in [-0.4, -0.2) is 37.2 Å². The van der Waals surface area contributed by atoms with Gasteiger partial charge in [0.15, 0.2) is 6.10 Å². The van der Waals surface area contributed by atoms with Crippen LogP contribution in [0.15, 0.2) is 0 Å². The standard InChI is InChI=1S/C55H106O6/c1-6-8-9-10-11-12-13-14-15-18-22-25-32-37-42-47-55(58)61-52(49-60-54(57)46-41-36-31-27-26-29-34-39-44-51(5)7-2)48-59-53(56)45-40-35-30-24-21-19-16-17-20-23-28-33-38-43-50(3)4/h50-52H,6-49H2,1-5H3/t51?,52-/m1/s1. The molecule has 61 heavy (non-hydrogen) atoms. The van der Waals surface area contributed by atoms with E-state index in [2.05, 4.69) is 34.6 Å². The lowest BCUT2D eigenvalue weighted by molar-refractivity contribution is -0.167. The van der Waals surface area contributed by atoms with E-state index in [0.717, 1.165) is 69.6 Å². The third-order valence-corrected chi connectivity index (χ3v) is 12.8. The summed E-state index contributed by atoms with van der Waals surface area (Å²) in [4.78, 5) is 38.0. The van der Waals surface area contributed by atoms with Crippen LogP contribution in [0, 0.1) is 11.8 Å². The van der Waals surface area contributed by atoms with Crippen molar-refractivity contribution in [1.29, 1.82) is 0 Å². The number of rotatable bonds is 49. The Morgan fingerprint density at radius 2 is 0.623 bits per heavy atom. The molecule has 0 aliphatic rings. The van der Waals surface area contributed by atoms with Crippen LogP contribution in [0.2, 0.25) is 0 Å². The molecule has 0 fully saturated rings. The Kier molecular flexibility index (Phi) is 46.6. The molecule has 0 saturated carbocycles. The Labute approximate surface area is 380 Å². The Morgan fingerprint density at radius 3 is 0.934 bits per heavy atom. The molecule has 0 aromatic carbocycles. The lowest BCUT2D eigenvalue weighted by Crippen LogP contribution is -2.30. The molecular weight excluding hydrogens is 757 g/mol. The fourth-order valence-corrected chi connectivity index (χ4v) is 8.31. The number of esters is 3. The number of carbonyl (C=O) groups excluding carboxylic acids is 3. The minimum Gasteiger partial charge on any atom is -0.462 e. The molecule has 0 aromatic rings. The van der Waals surface area contributed by atoms with Crippen LogP contribution in [0.5, 0.6) is 0 Å². The van der Waals surface area contributed by atoms with Crippen molar-refractivity contribution in [3.63, 3.8) is 0 Å².